The largest absolute Gasteiger partial charge is 0.481 e. The SMILES string of the molecule is [2H]C1=C(C([2H])=C([2H])C([2H])=C([2H])C([2H])([2H])C([2H])([2H])C([2H])([2H])CCCCCCCCCCC(=O)O)O1. The second-order valence-corrected chi connectivity index (χ2v) is 5.18. The van der Waals surface area contributed by atoms with E-state index >= 15 is 0 Å². The smallest absolute Gasteiger partial charge is 0.303 e. The van der Waals surface area contributed by atoms with Gasteiger partial charge in [-0.3, -0.25) is 4.79 Å². The van der Waals surface area contributed by atoms with E-state index in [0.717, 1.165) is 32.1 Å². The van der Waals surface area contributed by atoms with E-state index in [2.05, 4.69) is 4.74 Å². The van der Waals surface area contributed by atoms with Gasteiger partial charge in [0.05, 0.1) is 5.48 Å². The molecule has 1 heterocycles. The zero-order valence-electron chi connectivity index (χ0n) is 24.3. The molecular weight excluding hydrogens is 288 g/mol. The minimum absolute atomic E-state index is 0.157. The highest BCUT2D eigenvalue weighted by Gasteiger charge is 2.01. The fourth-order valence-corrected chi connectivity index (χ4v) is 1.92. The van der Waals surface area contributed by atoms with Gasteiger partial charge in [-0.05, 0) is 25.2 Å². The first-order valence-corrected chi connectivity index (χ1v) is 8.04. The van der Waals surface area contributed by atoms with E-state index in [1.807, 2.05) is 0 Å². The third-order valence-electron chi connectivity index (χ3n) is 3.16. The first-order valence-electron chi connectivity index (χ1n) is 13.5. The first kappa shape index (κ1) is 8.55. The quantitative estimate of drug-likeness (QED) is 0.273. The normalized spacial score (nSPS) is 24.4. The lowest BCUT2D eigenvalue weighted by Crippen LogP contribution is -1.93. The molecular formula is C20H32O3. The topological polar surface area (TPSA) is 49.8 Å². The number of allylic oxidation sites excluding steroid dienone is 4. The molecule has 130 valence electrons. The lowest BCUT2D eigenvalue weighted by Gasteiger charge is -2.02. The molecule has 1 N–H and O–H groups in total. The Morgan fingerprint density at radius 3 is 2.30 bits per heavy atom. The summed E-state index contributed by atoms with van der Waals surface area (Å²) < 4.78 is 91.7. The van der Waals surface area contributed by atoms with Crippen molar-refractivity contribution < 1.29 is 29.7 Å². The average Bonchev–Trinajstić information content (AvgIpc) is 3.48. The van der Waals surface area contributed by atoms with Crippen LogP contribution in [0.5, 0.6) is 0 Å². The van der Waals surface area contributed by atoms with Gasteiger partial charge < -0.3 is 9.84 Å². The van der Waals surface area contributed by atoms with Crippen LogP contribution in [0.2, 0.25) is 0 Å². The van der Waals surface area contributed by atoms with Crippen LogP contribution in [-0.2, 0) is 9.53 Å². The van der Waals surface area contributed by atoms with Gasteiger partial charge in [-0.1, -0.05) is 75.9 Å². The van der Waals surface area contributed by atoms with Crippen LogP contribution in [0, 0.1) is 0 Å². The van der Waals surface area contributed by atoms with Crippen molar-refractivity contribution in [2.75, 3.05) is 0 Å². The number of unbranched alkanes of at least 4 members (excludes halogenated alkanes) is 7. The van der Waals surface area contributed by atoms with Gasteiger partial charge in [-0.2, -0.15) is 0 Å². The zero-order chi connectivity index (χ0) is 26.3. The Morgan fingerprint density at radius 1 is 1.09 bits per heavy atom. The van der Waals surface area contributed by atoms with Crippen LogP contribution in [0.1, 0.15) is 98.4 Å². The molecule has 0 bridgehead atoms. The van der Waals surface area contributed by atoms with Crippen molar-refractivity contribution in [3.05, 3.63) is 36.2 Å². The highest BCUT2D eigenvalue weighted by Crippen LogP contribution is 2.14. The van der Waals surface area contributed by atoms with Crippen LogP contribution in [0.15, 0.2) is 36.2 Å². The molecule has 0 unspecified atom stereocenters. The molecule has 3 heteroatoms. The number of carboxylic acids is 1. The van der Waals surface area contributed by atoms with E-state index in [-0.39, 0.29) is 24.8 Å². The molecule has 0 aromatic heterocycles. The van der Waals surface area contributed by atoms with Crippen LogP contribution in [0.3, 0.4) is 0 Å². The fourth-order valence-electron chi connectivity index (χ4n) is 1.92. The van der Waals surface area contributed by atoms with Crippen molar-refractivity contribution in [1.29, 1.82) is 0 Å². The van der Waals surface area contributed by atoms with Crippen LogP contribution < -0.4 is 0 Å². The van der Waals surface area contributed by atoms with Crippen LogP contribution in [-0.4, -0.2) is 11.1 Å². The number of carbonyl (C=O) groups is 1. The Morgan fingerprint density at radius 2 is 1.70 bits per heavy atom. The molecule has 1 rings (SSSR count). The first-order chi connectivity index (χ1) is 15.6. The predicted octanol–water partition coefficient (Wildman–Crippen LogP) is 6.13. The fraction of sp³-hybridized carbons (Fsp3) is 0.650. The Kier molecular flexibility index (Phi) is 5.24. The van der Waals surface area contributed by atoms with Crippen molar-refractivity contribution in [1.82, 2.24) is 0 Å². The molecule has 1 aliphatic heterocycles. The summed E-state index contributed by atoms with van der Waals surface area (Å²) in [6, 6.07) is -3.94. The van der Waals surface area contributed by atoms with Gasteiger partial charge in [0.1, 0.15) is 7.61 Å². The second-order valence-electron chi connectivity index (χ2n) is 5.18. The number of hydrogen-bond acceptors (Lipinski definition) is 2. The second kappa shape index (κ2) is 14.1. The van der Waals surface area contributed by atoms with Crippen LogP contribution >= 0.6 is 0 Å². The molecule has 0 radical (unpaired) electrons. The lowest BCUT2D eigenvalue weighted by atomic mass is 10.0. The van der Waals surface area contributed by atoms with Crippen molar-refractivity contribution in [3.8, 4) is 0 Å². The molecule has 3 nitrogen and oxygen atoms in total. The van der Waals surface area contributed by atoms with Crippen molar-refractivity contribution in [2.45, 2.75) is 83.3 Å². The molecule has 23 heavy (non-hydrogen) atoms. The van der Waals surface area contributed by atoms with Crippen molar-refractivity contribution >= 4 is 5.97 Å². The van der Waals surface area contributed by atoms with Gasteiger partial charge in [0.2, 0.25) is 0 Å². The Bertz CT molecular complexity index is 832. The molecule has 0 spiro atoms. The maximum atomic E-state index is 10.5. The number of ether oxygens (including phenoxy) is 1. The molecule has 1 aliphatic rings. The van der Waals surface area contributed by atoms with Gasteiger partial charge in [0.15, 0.2) is 5.76 Å². The Hall–Kier alpha value is -1.51. The van der Waals surface area contributed by atoms with Gasteiger partial charge in [0, 0.05) is 14.6 Å². The summed E-state index contributed by atoms with van der Waals surface area (Å²) in [4.78, 5) is 10.5. The summed E-state index contributed by atoms with van der Waals surface area (Å²) in [5, 5.41) is 8.59. The highest BCUT2D eigenvalue weighted by molar-refractivity contribution is 5.66. The summed E-state index contributed by atoms with van der Waals surface area (Å²) >= 11 is 0. The van der Waals surface area contributed by atoms with Crippen molar-refractivity contribution in [2.24, 2.45) is 0 Å². The van der Waals surface area contributed by atoms with Crippen LogP contribution in [0.4, 0.5) is 0 Å². The lowest BCUT2D eigenvalue weighted by molar-refractivity contribution is -0.137. The van der Waals surface area contributed by atoms with Crippen molar-refractivity contribution in [3.63, 3.8) is 0 Å². The number of rotatable bonds is 16. The van der Waals surface area contributed by atoms with E-state index in [1.165, 1.54) is 0 Å². The summed E-state index contributed by atoms with van der Waals surface area (Å²) in [6.45, 7) is 0. The zero-order valence-corrected chi connectivity index (χ0v) is 13.3. The highest BCUT2D eigenvalue weighted by atomic mass is 16.5. The number of aliphatic carboxylic acids is 1. The maximum absolute atomic E-state index is 10.5. The summed E-state index contributed by atoms with van der Waals surface area (Å²) in [5.41, 5.74) is 0. The Balaban J connectivity index is 2.67. The van der Waals surface area contributed by atoms with Gasteiger partial charge in [0.25, 0.3) is 0 Å². The Labute approximate surface area is 156 Å². The molecule has 0 saturated carbocycles. The maximum Gasteiger partial charge on any atom is 0.303 e. The standard InChI is InChI=1S/C20H32O3/c21-20(22)17-15-13-11-9-7-5-3-1-2-4-6-8-10-12-14-16-19-18-23-19/h10,12,14,16,18H,1-9,11,13,15,17H2,(H,21,22)/i4D2,6D2,8D2,10D,12D,14D,16D,18D. The van der Waals surface area contributed by atoms with Gasteiger partial charge in [-0.25, -0.2) is 0 Å². The number of hydrogen-bond donors (Lipinski definition) is 1. The third kappa shape index (κ3) is 15.2. The number of carboxylic acid groups (broad SMARTS) is 1. The van der Waals surface area contributed by atoms with E-state index in [0.29, 0.717) is 19.3 Å². The average molecular weight is 332 g/mol. The molecule has 0 fully saturated rings. The predicted molar refractivity (Wildman–Crippen MR) is 95.1 cm³/mol. The third-order valence-corrected chi connectivity index (χ3v) is 3.16. The van der Waals surface area contributed by atoms with Crippen LogP contribution in [0.25, 0.3) is 0 Å². The van der Waals surface area contributed by atoms with Gasteiger partial charge >= 0.3 is 5.97 Å². The summed E-state index contributed by atoms with van der Waals surface area (Å²) in [5.74, 6) is -1.09. The molecule has 0 aliphatic carbocycles. The summed E-state index contributed by atoms with van der Waals surface area (Å²) in [6.07, 6.45) is -3.77. The van der Waals surface area contributed by atoms with E-state index in [9.17, 15) is 4.79 Å². The molecule has 0 aromatic rings. The molecule has 0 saturated heterocycles. The van der Waals surface area contributed by atoms with E-state index in [4.69, 9.17) is 20.2 Å². The minimum atomic E-state index is -3.25. The summed E-state index contributed by atoms with van der Waals surface area (Å²) in [7, 11) is 0. The molecule has 0 aromatic carbocycles. The molecule has 0 atom stereocenters. The van der Waals surface area contributed by atoms with E-state index < -0.39 is 49.3 Å². The molecule has 0 amide bonds. The monoisotopic (exact) mass is 331 g/mol. The van der Waals surface area contributed by atoms with Gasteiger partial charge in [-0.15, -0.1) is 0 Å². The minimum Gasteiger partial charge on any atom is -0.481 e. The van der Waals surface area contributed by atoms with E-state index in [1.54, 1.807) is 0 Å².